The van der Waals surface area contributed by atoms with E-state index >= 15 is 0 Å². The van der Waals surface area contributed by atoms with Gasteiger partial charge in [0.25, 0.3) is 0 Å². The number of hydrogen-bond donors (Lipinski definition) is 1. The molecule has 1 atom stereocenters. The third-order valence-electron chi connectivity index (χ3n) is 3.23. The van der Waals surface area contributed by atoms with Gasteiger partial charge < -0.3 is 5.32 Å². The van der Waals surface area contributed by atoms with Gasteiger partial charge in [-0.25, -0.2) is 0 Å². The van der Waals surface area contributed by atoms with E-state index in [1.807, 2.05) is 18.2 Å². The van der Waals surface area contributed by atoms with Gasteiger partial charge in [0.15, 0.2) is 0 Å². The van der Waals surface area contributed by atoms with E-state index in [9.17, 15) is 0 Å². The molecule has 5 heteroatoms. The first-order valence-corrected chi connectivity index (χ1v) is 9.41. The van der Waals surface area contributed by atoms with Crippen molar-refractivity contribution in [2.75, 3.05) is 6.54 Å². The Balaban J connectivity index is 2.08. The summed E-state index contributed by atoms with van der Waals surface area (Å²) in [6, 6.07) is 8.32. The maximum absolute atomic E-state index is 6.30. The molecule has 0 aliphatic heterocycles. The van der Waals surface area contributed by atoms with Crippen LogP contribution in [0.25, 0.3) is 0 Å². The lowest BCUT2D eigenvalue weighted by Gasteiger charge is -2.19. The van der Waals surface area contributed by atoms with Crippen LogP contribution in [0.1, 0.15) is 23.8 Å². The van der Waals surface area contributed by atoms with Gasteiger partial charge in [0.2, 0.25) is 0 Å². The highest BCUT2D eigenvalue weighted by atomic mass is 79.9. The average Bonchev–Trinajstić information content (AvgIpc) is 2.84. The van der Waals surface area contributed by atoms with Crippen molar-refractivity contribution in [1.29, 1.82) is 0 Å². The van der Waals surface area contributed by atoms with Gasteiger partial charge in [0.1, 0.15) is 0 Å². The molecule has 0 saturated carbocycles. The molecule has 0 spiro atoms. The zero-order valence-corrected chi connectivity index (χ0v) is 15.7. The minimum Gasteiger partial charge on any atom is -0.313 e. The predicted molar refractivity (Wildman–Crippen MR) is 98.0 cm³/mol. The lowest BCUT2D eigenvalue weighted by atomic mass is 10.0. The average molecular weight is 407 g/mol. The minimum atomic E-state index is 0.383. The van der Waals surface area contributed by atoms with Crippen molar-refractivity contribution in [2.45, 2.75) is 32.2 Å². The Hall–Kier alpha value is -0.0600. The second-order valence-corrected chi connectivity index (χ2v) is 7.78. The molecular formula is C16H18BrCl2NS. The fraction of sp³-hybridized carbons (Fsp3) is 0.375. The van der Waals surface area contributed by atoms with E-state index in [-0.39, 0.29) is 0 Å². The van der Waals surface area contributed by atoms with Crippen molar-refractivity contribution >= 4 is 50.5 Å². The predicted octanol–water partition coefficient (Wildman–Crippen LogP) is 5.97. The molecule has 0 radical (unpaired) electrons. The first-order chi connectivity index (χ1) is 10.1. The Bertz CT molecular complexity index is 585. The molecule has 1 N–H and O–H groups in total. The van der Waals surface area contributed by atoms with Crippen molar-refractivity contribution < 1.29 is 0 Å². The lowest BCUT2D eigenvalue weighted by Crippen LogP contribution is -2.33. The van der Waals surface area contributed by atoms with Crippen LogP contribution in [0.5, 0.6) is 0 Å². The molecule has 0 amide bonds. The van der Waals surface area contributed by atoms with Gasteiger partial charge >= 0.3 is 0 Å². The highest BCUT2D eigenvalue weighted by molar-refractivity contribution is 9.10. The number of nitrogens with one attached hydrogen (secondary N) is 1. The summed E-state index contributed by atoms with van der Waals surface area (Å²) in [6.07, 6.45) is 3.04. The maximum Gasteiger partial charge on any atom is 0.0453 e. The van der Waals surface area contributed by atoms with E-state index in [1.54, 1.807) is 11.3 Å². The van der Waals surface area contributed by atoms with Crippen LogP contribution < -0.4 is 5.32 Å². The highest BCUT2D eigenvalue weighted by Crippen LogP contribution is 2.25. The Morgan fingerprint density at radius 1 is 1.24 bits per heavy atom. The molecule has 1 heterocycles. The van der Waals surface area contributed by atoms with Crippen molar-refractivity contribution in [3.63, 3.8) is 0 Å². The van der Waals surface area contributed by atoms with Gasteiger partial charge in [0, 0.05) is 30.8 Å². The van der Waals surface area contributed by atoms with Crippen LogP contribution in [0.2, 0.25) is 10.0 Å². The molecule has 21 heavy (non-hydrogen) atoms. The molecule has 1 unspecified atom stereocenters. The molecule has 2 rings (SSSR count). The van der Waals surface area contributed by atoms with Gasteiger partial charge in [-0.1, -0.05) is 36.2 Å². The summed E-state index contributed by atoms with van der Waals surface area (Å²) in [4.78, 5) is 1.38. The zero-order chi connectivity index (χ0) is 15.2. The zero-order valence-electron chi connectivity index (χ0n) is 11.8. The molecule has 0 aliphatic rings. The van der Waals surface area contributed by atoms with Gasteiger partial charge in [0.05, 0.1) is 0 Å². The Labute approximate surface area is 148 Å². The van der Waals surface area contributed by atoms with E-state index in [2.05, 4.69) is 39.6 Å². The molecule has 2 aromatic rings. The summed E-state index contributed by atoms with van der Waals surface area (Å²) in [7, 11) is 0. The molecular weight excluding hydrogens is 389 g/mol. The summed E-state index contributed by atoms with van der Waals surface area (Å²) in [5, 5.41) is 7.18. The third kappa shape index (κ3) is 5.57. The molecule has 0 saturated heterocycles. The minimum absolute atomic E-state index is 0.383. The van der Waals surface area contributed by atoms with E-state index in [0.29, 0.717) is 11.1 Å². The van der Waals surface area contributed by atoms with Crippen LogP contribution in [0, 0.1) is 0 Å². The standard InChI is InChI=1S/C16H18BrCl2NS/c1-2-5-20-14(9-15-7-12(17)10-21-15)6-11-3-4-13(18)8-16(11)19/h3-4,7-8,10,14,20H,2,5-6,9H2,1H3. The number of benzene rings is 1. The molecule has 1 nitrogen and oxygen atoms in total. The molecule has 0 aliphatic carbocycles. The second kappa shape index (κ2) is 8.54. The number of hydrogen-bond acceptors (Lipinski definition) is 2. The molecule has 114 valence electrons. The summed E-state index contributed by atoms with van der Waals surface area (Å²) >= 11 is 17.6. The number of rotatable bonds is 7. The van der Waals surface area contributed by atoms with Gasteiger partial charge in [-0.3, -0.25) is 0 Å². The summed E-state index contributed by atoms with van der Waals surface area (Å²) < 4.78 is 1.15. The highest BCUT2D eigenvalue weighted by Gasteiger charge is 2.13. The van der Waals surface area contributed by atoms with Crippen molar-refractivity contribution in [3.8, 4) is 0 Å². The maximum atomic E-state index is 6.30. The van der Waals surface area contributed by atoms with E-state index in [0.717, 1.165) is 40.9 Å². The number of halogens is 3. The van der Waals surface area contributed by atoms with E-state index in [4.69, 9.17) is 23.2 Å². The van der Waals surface area contributed by atoms with E-state index in [1.165, 1.54) is 4.88 Å². The first-order valence-electron chi connectivity index (χ1n) is 6.98. The molecule has 0 fully saturated rings. The Morgan fingerprint density at radius 2 is 2.05 bits per heavy atom. The summed E-state index contributed by atoms with van der Waals surface area (Å²) in [5.41, 5.74) is 1.14. The topological polar surface area (TPSA) is 12.0 Å². The molecule has 1 aromatic heterocycles. The summed E-state index contributed by atoms with van der Waals surface area (Å²) in [6.45, 7) is 3.20. The summed E-state index contributed by atoms with van der Waals surface area (Å²) in [5.74, 6) is 0. The van der Waals surface area contributed by atoms with Crippen molar-refractivity contribution in [1.82, 2.24) is 5.32 Å². The van der Waals surface area contributed by atoms with E-state index < -0.39 is 0 Å². The molecule has 0 bridgehead atoms. The third-order valence-corrected chi connectivity index (χ3v) is 5.54. The SMILES string of the molecule is CCCNC(Cc1cc(Br)cs1)Cc1ccc(Cl)cc1Cl. The quantitative estimate of drug-likeness (QED) is 0.596. The smallest absolute Gasteiger partial charge is 0.0453 e. The largest absolute Gasteiger partial charge is 0.313 e. The fourth-order valence-corrected chi connectivity index (χ4v) is 4.24. The second-order valence-electron chi connectivity index (χ2n) is 5.03. The first kappa shape index (κ1) is 17.3. The van der Waals surface area contributed by atoms with Crippen LogP contribution >= 0.6 is 50.5 Å². The van der Waals surface area contributed by atoms with Gasteiger partial charge in [-0.05, 0) is 65.5 Å². The Morgan fingerprint density at radius 3 is 2.67 bits per heavy atom. The van der Waals surface area contributed by atoms with Crippen molar-refractivity contribution in [2.24, 2.45) is 0 Å². The van der Waals surface area contributed by atoms with Crippen LogP contribution in [0.15, 0.2) is 34.1 Å². The van der Waals surface area contributed by atoms with Crippen LogP contribution in [0.4, 0.5) is 0 Å². The van der Waals surface area contributed by atoms with Gasteiger partial charge in [-0.2, -0.15) is 0 Å². The monoisotopic (exact) mass is 405 g/mol. The van der Waals surface area contributed by atoms with Crippen LogP contribution in [-0.4, -0.2) is 12.6 Å². The van der Waals surface area contributed by atoms with Crippen LogP contribution in [-0.2, 0) is 12.8 Å². The Kier molecular flexibility index (Phi) is 7.03. The molecule has 1 aromatic carbocycles. The van der Waals surface area contributed by atoms with Crippen LogP contribution in [0.3, 0.4) is 0 Å². The fourth-order valence-electron chi connectivity index (χ4n) is 2.22. The van der Waals surface area contributed by atoms with Crippen molar-refractivity contribution in [3.05, 3.63) is 54.6 Å². The lowest BCUT2D eigenvalue weighted by molar-refractivity contribution is 0.507. The van der Waals surface area contributed by atoms with Gasteiger partial charge in [-0.15, -0.1) is 11.3 Å². The number of thiophene rings is 1. The normalized spacial score (nSPS) is 12.6.